The van der Waals surface area contributed by atoms with E-state index < -0.39 is 0 Å². The van der Waals surface area contributed by atoms with E-state index in [1.54, 1.807) is 4.68 Å². The van der Waals surface area contributed by atoms with Crippen molar-refractivity contribution in [2.45, 2.75) is 19.6 Å². The summed E-state index contributed by atoms with van der Waals surface area (Å²) in [5.41, 5.74) is 10.4. The Morgan fingerprint density at radius 1 is 1.12 bits per heavy atom. The maximum Gasteiger partial charge on any atom is 0.120 e. The van der Waals surface area contributed by atoms with Crippen LogP contribution in [0.1, 0.15) is 24.1 Å². The monoisotopic (exact) mass is 343 g/mol. The van der Waals surface area contributed by atoms with Crippen LogP contribution in [0.2, 0.25) is 0 Å². The highest BCUT2D eigenvalue weighted by Crippen LogP contribution is 2.28. The molecule has 2 N–H and O–H groups in total. The molecule has 0 aliphatic heterocycles. The zero-order valence-electron chi connectivity index (χ0n) is 13.8. The van der Waals surface area contributed by atoms with E-state index in [-0.39, 0.29) is 18.4 Å². The highest BCUT2D eigenvalue weighted by Gasteiger charge is 2.09. The molecule has 1 aromatic heterocycles. The first-order chi connectivity index (χ1) is 11.1. The topological polar surface area (TPSA) is 53.1 Å². The summed E-state index contributed by atoms with van der Waals surface area (Å²) in [5, 5.41) is 4.24. The highest BCUT2D eigenvalue weighted by molar-refractivity contribution is 5.85. The van der Waals surface area contributed by atoms with Gasteiger partial charge in [-0.1, -0.05) is 30.3 Å². The van der Waals surface area contributed by atoms with Crippen LogP contribution in [-0.2, 0) is 13.7 Å². The van der Waals surface area contributed by atoms with E-state index in [9.17, 15) is 0 Å². The minimum atomic E-state index is -0.0503. The summed E-state index contributed by atoms with van der Waals surface area (Å²) >= 11 is 0. The van der Waals surface area contributed by atoms with Crippen molar-refractivity contribution in [1.29, 1.82) is 0 Å². The van der Waals surface area contributed by atoms with Gasteiger partial charge < -0.3 is 10.5 Å². The van der Waals surface area contributed by atoms with Crippen LogP contribution < -0.4 is 10.5 Å². The summed E-state index contributed by atoms with van der Waals surface area (Å²) < 4.78 is 7.76. The van der Waals surface area contributed by atoms with Crippen LogP contribution in [-0.4, -0.2) is 9.78 Å². The van der Waals surface area contributed by atoms with Crippen molar-refractivity contribution in [2.24, 2.45) is 12.8 Å². The number of rotatable bonds is 5. The van der Waals surface area contributed by atoms with Gasteiger partial charge in [0.1, 0.15) is 12.4 Å². The van der Waals surface area contributed by atoms with Gasteiger partial charge in [-0.15, -0.1) is 12.4 Å². The maximum absolute atomic E-state index is 6.07. The number of nitrogens with two attached hydrogens (primary N) is 1. The number of benzene rings is 2. The van der Waals surface area contributed by atoms with Crippen LogP contribution in [0, 0.1) is 0 Å². The zero-order valence-corrected chi connectivity index (χ0v) is 14.7. The van der Waals surface area contributed by atoms with E-state index in [2.05, 4.69) is 23.3 Å². The minimum absolute atomic E-state index is 0. The molecule has 0 bridgehead atoms. The fraction of sp³-hybridized carbons (Fsp3) is 0.211. The molecule has 0 radical (unpaired) electrons. The third kappa shape index (κ3) is 4.37. The molecule has 2 aromatic carbocycles. The molecule has 1 atom stereocenters. The summed E-state index contributed by atoms with van der Waals surface area (Å²) in [6, 6.07) is 16.2. The lowest BCUT2D eigenvalue weighted by Crippen LogP contribution is -2.06. The van der Waals surface area contributed by atoms with Crippen molar-refractivity contribution in [2.75, 3.05) is 0 Å². The third-order valence-electron chi connectivity index (χ3n) is 3.74. The van der Waals surface area contributed by atoms with E-state index in [1.807, 2.05) is 56.7 Å². The molecular weight excluding hydrogens is 322 g/mol. The highest BCUT2D eigenvalue weighted by atomic mass is 35.5. The van der Waals surface area contributed by atoms with Crippen LogP contribution >= 0.6 is 12.4 Å². The van der Waals surface area contributed by atoms with Crippen LogP contribution in [0.5, 0.6) is 5.75 Å². The van der Waals surface area contributed by atoms with Gasteiger partial charge in [0.15, 0.2) is 0 Å². The first-order valence-corrected chi connectivity index (χ1v) is 7.68. The number of halogens is 1. The smallest absolute Gasteiger partial charge is 0.120 e. The SMILES string of the molecule is C[C@@H](N)c1cc(OCc2ccccc2)cc(-c2cnn(C)c2)c1.Cl. The van der Waals surface area contributed by atoms with E-state index in [0.717, 1.165) is 28.0 Å². The fourth-order valence-electron chi connectivity index (χ4n) is 2.45. The van der Waals surface area contributed by atoms with Crippen molar-refractivity contribution < 1.29 is 4.74 Å². The molecule has 0 unspecified atom stereocenters. The van der Waals surface area contributed by atoms with Gasteiger partial charge in [-0.05, 0) is 41.8 Å². The average molecular weight is 344 g/mol. The molecule has 24 heavy (non-hydrogen) atoms. The first kappa shape index (κ1) is 18.0. The number of nitrogens with zero attached hydrogens (tertiary/aromatic N) is 2. The summed E-state index contributed by atoms with van der Waals surface area (Å²) in [7, 11) is 1.91. The number of hydrogen-bond donors (Lipinski definition) is 1. The molecule has 0 spiro atoms. The maximum atomic E-state index is 6.07. The Bertz CT molecular complexity index is 784. The van der Waals surface area contributed by atoms with E-state index in [4.69, 9.17) is 10.5 Å². The Kier molecular flexibility index (Phi) is 6.01. The zero-order chi connectivity index (χ0) is 16.2. The second-order valence-corrected chi connectivity index (χ2v) is 5.76. The van der Waals surface area contributed by atoms with Crippen molar-refractivity contribution in [1.82, 2.24) is 9.78 Å². The fourth-order valence-corrected chi connectivity index (χ4v) is 2.45. The summed E-state index contributed by atoms with van der Waals surface area (Å²) in [4.78, 5) is 0. The molecule has 0 aliphatic carbocycles. The van der Waals surface area contributed by atoms with Crippen LogP contribution in [0.3, 0.4) is 0 Å². The predicted octanol–water partition coefficient (Wildman–Crippen LogP) is 4.11. The van der Waals surface area contributed by atoms with Crippen molar-refractivity contribution in [3.63, 3.8) is 0 Å². The molecule has 0 amide bonds. The van der Waals surface area contributed by atoms with Gasteiger partial charge in [0, 0.05) is 24.8 Å². The van der Waals surface area contributed by atoms with E-state index >= 15 is 0 Å². The van der Waals surface area contributed by atoms with Crippen LogP contribution in [0.4, 0.5) is 0 Å². The van der Waals surface area contributed by atoms with Crippen molar-refractivity contribution in [3.8, 4) is 16.9 Å². The Morgan fingerprint density at radius 2 is 1.88 bits per heavy atom. The second kappa shape index (κ2) is 7.99. The van der Waals surface area contributed by atoms with Gasteiger partial charge in [-0.3, -0.25) is 4.68 Å². The lowest BCUT2D eigenvalue weighted by atomic mass is 10.0. The Labute approximate surface area is 148 Å². The summed E-state index contributed by atoms with van der Waals surface area (Å²) in [5.74, 6) is 0.822. The molecule has 126 valence electrons. The number of ether oxygens (including phenoxy) is 1. The standard InChI is InChI=1S/C19H21N3O.ClH/c1-14(20)16-8-17(18-11-21-22(2)12-18)10-19(9-16)23-13-15-6-4-3-5-7-15;/h3-12,14H,13,20H2,1-2H3;1H/t14-;/m1./s1. The third-order valence-corrected chi connectivity index (χ3v) is 3.74. The molecule has 4 nitrogen and oxygen atoms in total. The van der Waals surface area contributed by atoms with Gasteiger partial charge in [-0.2, -0.15) is 5.10 Å². The van der Waals surface area contributed by atoms with Crippen LogP contribution in [0.25, 0.3) is 11.1 Å². The minimum Gasteiger partial charge on any atom is -0.489 e. The molecule has 0 aliphatic rings. The lowest BCUT2D eigenvalue weighted by molar-refractivity contribution is 0.306. The largest absolute Gasteiger partial charge is 0.489 e. The lowest BCUT2D eigenvalue weighted by Gasteiger charge is -2.13. The van der Waals surface area contributed by atoms with Gasteiger partial charge in [-0.25, -0.2) is 0 Å². The van der Waals surface area contributed by atoms with Gasteiger partial charge in [0.2, 0.25) is 0 Å². The number of aromatic nitrogens is 2. The molecule has 0 saturated heterocycles. The molecule has 3 aromatic rings. The first-order valence-electron chi connectivity index (χ1n) is 7.68. The molecule has 0 saturated carbocycles. The number of aryl methyl sites for hydroxylation is 1. The second-order valence-electron chi connectivity index (χ2n) is 5.76. The Balaban J connectivity index is 0.00000208. The summed E-state index contributed by atoms with van der Waals surface area (Å²) in [6.45, 7) is 2.51. The quantitative estimate of drug-likeness (QED) is 0.758. The molecular formula is C19H22ClN3O. The van der Waals surface area contributed by atoms with E-state index in [1.165, 1.54) is 0 Å². The van der Waals surface area contributed by atoms with Crippen molar-refractivity contribution >= 4 is 12.4 Å². The molecule has 0 fully saturated rings. The normalized spacial score (nSPS) is 11.6. The van der Waals surface area contributed by atoms with Gasteiger partial charge >= 0.3 is 0 Å². The molecule has 1 heterocycles. The summed E-state index contributed by atoms with van der Waals surface area (Å²) in [6.07, 6.45) is 3.84. The van der Waals surface area contributed by atoms with Gasteiger partial charge in [0.25, 0.3) is 0 Å². The predicted molar refractivity (Wildman–Crippen MR) is 99.3 cm³/mol. The molecule has 5 heteroatoms. The number of hydrogen-bond acceptors (Lipinski definition) is 3. The Hall–Kier alpha value is -2.30. The van der Waals surface area contributed by atoms with Crippen LogP contribution in [0.15, 0.2) is 60.9 Å². The van der Waals surface area contributed by atoms with Gasteiger partial charge in [0.05, 0.1) is 6.20 Å². The van der Waals surface area contributed by atoms with E-state index in [0.29, 0.717) is 6.61 Å². The molecule has 3 rings (SSSR count). The van der Waals surface area contributed by atoms with Crippen molar-refractivity contribution in [3.05, 3.63) is 72.1 Å². The Morgan fingerprint density at radius 3 is 2.50 bits per heavy atom. The average Bonchev–Trinajstić information content (AvgIpc) is 3.00.